The van der Waals surface area contributed by atoms with Gasteiger partial charge in [-0.05, 0) is 23.8 Å². The summed E-state index contributed by atoms with van der Waals surface area (Å²) in [6, 6.07) is 12.3. The minimum atomic E-state index is -1.10. The lowest BCUT2D eigenvalue weighted by Crippen LogP contribution is -1.92. The van der Waals surface area contributed by atoms with E-state index in [9.17, 15) is 4.79 Å². The van der Waals surface area contributed by atoms with E-state index in [1.54, 1.807) is 18.2 Å². The maximum Gasteiger partial charge on any atom is 0.371 e. The Hall–Kier alpha value is -2.74. The highest BCUT2D eigenvalue weighted by Gasteiger charge is 2.08. The average Bonchev–Trinajstić information content (AvgIpc) is 2.81. The van der Waals surface area contributed by atoms with Crippen LogP contribution < -0.4 is 5.32 Å². The third-order valence-electron chi connectivity index (χ3n) is 2.32. The molecule has 0 amide bonds. The minimum absolute atomic E-state index is 0.112. The van der Waals surface area contributed by atoms with Gasteiger partial charge in [-0.15, -0.1) is 0 Å². The molecule has 1 aromatic heterocycles. The zero-order chi connectivity index (χ0) is 13.0. The van der Waals surface area contributed by atoms with Gasteiger partial charge in [-0.2, -0.15) is 5.26 Å². The minimum Gasteiger partial charge on any atom is -0.475 e. The fourth-order valence-electron chi connectivity index (χ4n) is 1.46. The van der Waals surface area contributed by atoms with Gasteiger partial charge < -0.3 is 14.8 Å². The van der Waals surface area contributed by atoms with Gasteiger partial charge in [-0.1, -0.05) is 12.1 Å². The molecule has 0 bridgehead atoms. The summed E-state index contributed by atoms with van der Waals surface area (Å²) in [5.41, 5.74) is 1.69. The summed E-state index contributed by atoms with van der Waals surface area (Å²) in [5.74, 6) is -0.855. The van der Waals surface area contributed by atoms with Gasteiger partial charge in [0.25, 0.3) is 0 Å². The Morgan fingerprint density at radius 1 is 1.28 bits per heavy atom. The van der Waals surface area contributed by atoms with Crippen LogP contribution in [0.5, 0.6) is 0 Å². The Morgan fingerprint density at radius 3 is 2.56 bits per heavy atom. The average molecular weight is 242 g/mol. The maximum absolute atomic E-state index is 10.6. The van der Waals surface area contributed by atoms with Crippen LogP contribution in [0.4, 0.5) is 11.6 Å². The number of anilines is 2. The number of nitrogens with one attached hydrogen (secondary N) is 1. The largest absolute Gasteiger partial charge is 0.475 e. The number of carboxylic acid groups (broad SMARTS) is 1. The van der Waals surface area contributed by atoms with Gasteiger partial charge in [-0.25, -0.2) is 4.79 Å². The van der Waals surface area contributed by atoms with Gasteiger partial charge in [0.2, 0.25) is 5.76 Å². The third-order valence-corrected chi connectivity index (χ3v) is 2.32. The first kappa shape index (κ1) is 11.7. The molecule has 1 aromatic carbocycles. The Balaban J connectivity index is 2.08. The van der Waals surface area contributed by atoms with Crippen molar-refractivity contribution < 1.29 is 14.3 Å². The molecule has 5 nitrogen and oxygen atoms in total. The van der Waals surface area contributed by atoms with Crippen molar-refractivity contribution in [1.29, 1.82) is 5.26 Å². The first-order valence-electron chi connectivity index (χ1n) is 5.25. The number of carbonyl (C=O) groups is 1. The van der Waals surface area contributed by atoms with E-state index in [4.69, 9.17) is 14.8 Å². The van der Waals surface area contributed by atoms with E-state index < -0.39 is 5.97 Å². The van der Waals surface area contributed by atoms with E-state index in [0.29, 0.717) is 12.3 Å². The van der Waals surface area contributed by atoms with Crippen LogP contribution in [0.3, 0.4) is 0 Å². The first-order chi connectivity index (χ1) is 8.69. The lowest BCUT2D eigenvalue weighted by atomic mass is 10.1. The van der Waals surface area contributed by atoms with Gasteiger partial charge in [-0.3, -0.25) is 0 Å². The summed E-state index contributed by atoms with van der Waals surface area (Å²) in [6.07, 6.45) is 0.365. The first-order valence-corrected chi connectivity index (χ1v) is 5.25. The summed E-state index contributed by atoms with van der Waals surface area (Å²) in [6.45, 7) is 0. The van der Waals surface area contributed by atoms with Crippen molar-refractivity contribution in [2.24, 2.45) is 0 Å². The summed E-state index contributed by atoms with van der Waals surface area (Å²) in [4.78, 5) is 10.6. The number of nitriles is 1. The molecule has 2 rings (SSSR count). The normalized spacial score (nSPS) is 9.72. The number of hydrogen-bond donors (Lipinski definition) is 2. The second-order valence-electron chi connectivity index (χ2n) is 3.63. The number of aromatic carboxylic acids is 1. The van der Waals surface area contributed by atoms with Crippen molar-refractivity contribution in [3.8, 4) is 6.07 Å². The molecule has 2 aromatic rings. The molecule has 0 spiro atoms. The van der Waals surface area contributed by atoms with E-state index in [-0.39, 0.29) is 5.76 Å². The Kier molecular flexibility index (Phi) is 3.30. The number of hydrogen-bond acceptors (Lipinski definition) is 4. The van der Waals surface area contributed by atoms with Crippen LogP contribution in [0.2, 0.25) is 0 Å². The fourth-order valence-corrected chi connectivity index (χ4v) is 1.46. The molecule has 0 aliphatic carbocycles. The third kappa shape index (κ3) is 2.68. The lowest BCUT2D eigenvalue weighted by Gasteiger charge is -2.03. The van der Waals surface area contributed by atoms with Gasteiger partial charge in [0.1, 0.15) is 0 Å². The number of nitrogens with zero attached hydrogens (tertiary/aromatic N) is 1. The number of benzene rings is 1. The smallest absolute Gasteiger partial charge is 0.371 e. The zero-order valence-corrected chi connectivity index (χ0v) is 9.38. The summed E-state index contributed by atoms with van der Waals surface area (Å²) < 4.78 is 5.06. The number of furan rings is 1. The van der Waals surface area contributed by atoms with Gasteiger partial charge in [0.05, 0.1) is 12.5 Å². The Bertz CT molecular complexity index is 593. The summed E-state index contributed by atoms with van der Waals surface area (Å²) >= 11 is 0. The molecule has 90 valence electrons. The number of rotatable bonds is 4. The zero-order valence-electron chi connectivity index (χ0n) is 9.38. The molecule has 0 atom stereocenters. The van der Waals surface area contributed by atoms with Crippen molar-refractivity contribution in [1.82, 2.24) is 0 Å². The fraction of sp³-hybridized carbons (Fsp3) is 0.0769. The van der Waals surface area contributed by atoms with Crippen LogP contribution in [-0.4, -0.2) is 11.1 Å². The molecule has 0 unspecified atom stereocenters. The van der Waals surface area contributed by atoms with Crippen molar-refractivity contribution in [2.75, 3.05) is 5.32 Å². The predicted octanol–water partition coefficient (Wildman–Crippen LogP) is 2.79. The monoisotopic (exact) mass is 242 g/mol. The van der Waals surface area contributed by atoms with Crippen LogP contribution in [0, 0.1) is 11.3 Å². The van der Waals surface area contributed by atoms with E-state index >= 15 is 0 Å². The van der Waals surface area contributed by atoms with E-state index in [0.717, 1.165) is 11.3 Å². The second kappa shape index (κ2) is 5.06. The highest BCUT2D eigenvalue weighted by Crippen LogP contribution is 2.19. The molecule has 0 aliphatic rings. The molecule has 2 N–H and O–H groups in total. The standard InChI is InChI=1S/C13H10N2O3/c14-8-7-9-1-3-10(4-2-9)15-12-6-5-11(18-12)13(16)17/h1-6,15H,7H2,(H,16,17). The molecule has 0 saturated heterocycles. The van der Waals surface area contributed by atoms with Crippen LogP contribution in [0.1, 0.15) is 16.1 Å². The molecule has 18 heavy (non-hydrogen) atoms. The topological polar surface area (TPSA) is 86.3 Å². The van der Waals surface area contributed by atoms with E-state index in [1.165, 1.54) is 6.07 Å². The lowest BCUT2D eigenvalue weighted by molar-refractivity contribution is 0.0663. The van der Waals surface area contributed by atoms with Gasteiger partial charge in [0.15, 0.2) is 5.88 Å². The van der Waals surface area contributed by atoms with Crippen LogP contribution in [0.25, 0.3) is 0 Å². The van der Waals surface area contributed by atoms with Crippen LogP contribution in [0.15, 0.2) is 40.8 Å². The predicted molar refractivity (Wildman–Crippen MR) is 64.7 cm³/mol. The van der Waals surface area contributed by atoms with Crippen LogP contribution >= 0.6 is 0 Å². The molecule has 0 aliphatic heterocycles. The highest BCUT2D eigenvalue weighted by atomic mass is 16.4. The van der Waals surface area contributed by atoms with Crippen LogP contribution in [-0.2, 0) is 6.42 Å². The Labute approximate surface area is 103 Å². The van der Waals surface area contributed by atoms with E-state index in [2.05, 4.69) is 11.4 Å². The molecular weight excluding hydrogens is 232 g/mol. The molecular formula is C13H10N2O3. The molecule has 0 radical (unpaired) electrons. The van der Waals surface area contributed by atoms with Crippen molar-refractivity contribution in [3.05, 3.63) is 47.7 Å². The summed E-state index contributed by atoms with van der Waals surface area (Å²) in [7, 11) is 0. The number of carboxylic acids is 1. The molecule has 0 saturated carbocycles. The van der Waals surface area contributed by atoms with Gasteiger partial charge >= 0.3 is 5.97 Å². The van der Waals surface area contributed by atoms with Crippen molar-refractivity contribution >= 4 is 17.5 Å². The maximum atomic E-state index is 10.6. The second-order valence-corrected chi connectivity index (χ2v) is 3.63. The molecule has 1 heterocycles. The SMILES string of the molecule is N#CCc1ccc(Nc2ccc(C(=O)O)o2)cc1. The van der Waals surface area contributed by atoms with Gasteiger partial charge in [0, 0.05) is 11.8 Å². The van der Waals surface area contributed by atoms with E-state index in [1.807, 2.05) is 12.1 Å². The molecule has 5 heteroatoms. The molecule has 0 fully saturated rings. The van der Waals surface area contributed by atoms with Crippen molar-refractivity contribution in [3.63, 3.8) is 0 Å². The quantitative estimate of drug-likeness (QED) is 0.860. The van der Waals surface area contributed by atoms with Crippen molar-refractivity contribution in [2.45, 2.75) is 6.42 Å². The highest BCUT2D eigenvalue weighted by molar-refractivity contribution is 5.85. The summed E-state index contributed by atoms with van der Waals surface area (Å²) in [5, 5.41) is 20.2. The Morgan fingerprint density at radius 2 is 2.00 bits per heavy atom.